The van der Waals surface area contributed by atoms with Gasteiger partial charge >= 0.3 is 12.3 Å². The molecule has 0 aliphatic carbocycles. The Kier molecular flexibility index (Phi) is 4.92. The lowest BCUT2D eigenvalue weighted by Gasteiger charge is -2.16. The van der Waals surface area contributed by atoms with E-state index in [0.717, 1.165) is 0 Å². The van der Waals surface area contributed by atoms with Crippen molar-refractivity contribution in [1.29, 1.82) is 0 Å². The van der Waals surface area contributed by atoms with E-state index >= 15 is 0 Å². The lowest BCUT2D eigenvalue weighted by Crippen LogP contribution is -2.33. The van der Waals surface area contributed by atoms with Crippen LogP contribution < -0.4 is 10.5 Å². The number of rotatable bonds is 5. The summed E-state index contributed by atoms with van der Waals surface area (Å²) in [5, 5.41) is 0. The predicted octanol–water partition coefficient (Wildman–Crippen LogP) is 3.36. The van der Waals surface area contributed by atoms with Crippen molar-refractivity contribution in [3.8, 4) is 5.75 Å². The van der Waals surface area contributed by atoms with Crippen molar-refractivity contribution in [1.82, 2.24) is 0 Å². The molecule has 8 heteroatoms. The Hall–Kier alpha value is -0.890. The lowest BCUT2D eigenvalue weighted by molar-refractivity contribution is -0.148. The maximum absolute atomic E-state index is 12.6. The minimum atomic E-state index is -4.19. The van der Waals surface area contributed by atoms with Gasteiger partial charge in [-0.25, -0.2) is 8.78 Å². The van der Waals surface area contributed by atoms with Gasteiger partial charge in [-0.2, -0.15) is 8.78 Å². The van der Waals surface area contributed by atoms with E-state index in [1.807, 2.05) is 0 Å². The van der Waals surface area contributed by atoms with Crippen LogP contribution in [-0.2, 0) is 0 Å². The molecule has 0 radical (unpaired) electrons. The first-order valence-corrected chi connectivity index (χ1v) is 5.82. The summed E-state index contributed by atoms with van der Waals surface area (Å²) in [5.41, 5.74) is 5.87. The van der Waals surface area contributed by atoms with Crippen LogP contribution in [0.1, 0.15) is 5.56 Å². The number of ether oxygens (including phenoxy) is 1. The van der Waals surface area contributed by atoms with Gasteiger partial charge in [-0.05, 0) is 34.1 Å². The SMILES string of the molecule is NC(=S)c1ccc(OCC(F)(F)C(F)F)c(Br)c1. The molecule has 0 heterocycles. The normalized spacial score (nSPS) is 11.7. The number of alkyl halides is 4. The van der Waals surface area contributed by atoms with Crippen LogP contribution in [-0.4, -0.2) is 23.9 Å². The highest BCUT2D eigenvalue weighted by atomic mass is 79.9. The quantitative estimate of drug-likeness (QED) is 0.656. The zero-order valence-electron chi connectivity index (χ0n) is 8.80. The summed E-state index contributed by atoms with van der Waals surface area (Å²) in [6.45, 7) is -1.41. The molecule has 0 spiro atoms. The molecule has 0 fully saturated rings. The minimum absolute atomic E-state index is 0.00956. The number of hydrogen-bond acceptors (Lipinski definition) is 2. The number of nitrogens with two attached hydrogens (primary N) is 1. The average molecular weight is 346 g/mol. The van der Waals surface area contributed by atoms with Crippen molar-refractivity contribution in [3.05, 3.63) is 28.2 Å². The molecule has 0 aromatic heterocycles. The van der Waals surface area contributed by atoms with Gasteiger partial charge in [-0.3, -0.25) is 0 Å². The molecule has 2 N–H and O–H groups in total. The Morgan fingerprint density at radius 1 is 1.44 bits per heavy atom. The topological polar surface area (TPSA) is 35.2 Å². The molecule has 0 amide bonds. The zero-order valence-corrected chi connectivity index (χ0v) is 11.2. The highest BCUT2D eigenvalue weighted by Gasteiger charge is 2.41. The third kappa shape index (κ3) is 3.81. The second-order valence-corrected chi connectivity index (χ2v) is 4.65. The summed E-state index contributed by atoms with van der Waals surface area (Å²) in [6, 6.07) is 4.22. The fourth-order valence-corrected chi connectivity index (χ4v) is 1.63. The molecule has 0 saturated heterocycles. The fraction of sp³-hybridized carbons (Fsp3) is 0.300. The van der Waals surface area contributed by atoms with Crippen molar-refractivity contribution >= 4 is 33.1 Å². The van der Waals surface area contributed by atoms with E-state index < -0.39 is 19.0 Å². The number of benzene rings is 1. The molecule has 1 aromatic rings. The highest BCUT2D eigenvalue weighted by Crippen LogP contribution is 2.29. The summed E-state index contributed by atoms with van der Waals surface area (Å²) in [7, 11) is 0. The Balaban J connectivity index is 2.78. The molecule has 0 aliphatic rings. The van der Waals surface area contributed by atoms with E-state index in [9.17, 15) is 17.6 Å². The molecule has 1 aromatic carbocycles. The van der Waals surface area contributed by atoms with Crippen molar-refractivity contribution in [3.63, 3.8) is 0 Å². The van der Waals surface area contributed by atoms with Crippen LogP contribution in [0.5, 0.6) is 5.75 Å². The summed E-state index contributed by atoms with van der Waals surface area (Å²) in [4.78, 5) is 0.125. The van der Waals surface area contributed by atoms with Gasteiger partial charge in [-0.15, -0.1) is 0 Å². The van der Waals surface area contributed by atoms with E-state index in [1.54, 1.807) is 0 Å². The van der Waals surface area contributed by atoms with Crippen molar-refractivity contribution in [2.24, 2.45) is 5.73 Å². The monoisotopic (exact) mass is 345 g/mol. The number of halogens is 5. The number of thiocarbonyl (C=S) groups is 1. The van der Waals surface area contributed by atoms with Gasteiger partial charge < -0.3 is 10.5 Å². The Bertz CT molecular complexity index is 456. The van der Waals surface area contributed by atoms with Crippen LogP contribution >= 0.6 is 28.1 Å². The molecule has 0 aliphatic heterocycles. The van der Waals surface area contributed by atoms with Crippen molar-refractivity contribution < 1.29 is 22.3 Å². The van der Waals surface area contributed by atoms with Gasteiger partial charge in [0.1, 0.15) is 10.7 Å². The molecular weight excluding hydrogens is 338 g/mol. The van der Waals surface area contributed by atoms with Crippen LogP contribution in [0, 0.1) is 0 Å². The van der Waals surface area contributed by atoms with E-state index in [2.05, 4.69) is 20.7 Å². The van der Waals surface area contributed by atoms with Crippen LogP contribution in [0.3, 0.4) is 0 Å². The molecule has 18 heavy (non-hydrogen) atoms. The molecule has 1 rings (SSSR count). The molecular formula is C10H8BrF4NOS. The first kappa shape index (κ1) is 15.2. The Morgan fingerprint density at radius 2 is 2.06 bits per heavy atom. The van der Waals surface area contributed by atoms with Crippen LogP contribution in [0.25, 0.3) is 0 Å². The smallest absolute Gasteiger partial charge is 0.340 e. The zero-order chi connectivity index (χ0) is 13.9. The first-order chi connectivity index (χ1) is 8.24. The van der Waals surface area contributed by atoms with Gasteiger partial charge in [0.25, 0.3) is 0 Å². The van der Waals surface area contributed by atoms with Crippen molar-refractivity contribution in [2.75, 3.05) is 6.61 Å². The fourth-order valence-electron chi connectivity index (χ4n) is 1.01. The molecule has 0 bridgehead atoms. The average Bonchev–Trinajstić information content (AvgIpc) is 2.26. The molecule has 2 nitrogen and oxygen atoms in total. The van der Waals surface area contributed by atoms with Crippen molar-refractivity contribution in [2.45, 2.75) is 12.3 Å². The summed E-state index contributed by atoms with van der Waals surface area (Å²) in [6.07, 6.45) is -3.77. The Labute approximate surface area is 114 Å². The standard InChI is InChI=1S/C10H8BrF4NOS/c11-6-3-5(8(16)18)1-2-7(6)17-4-10(14,15)9(12)13/h1-3,9H,4H2,(H2,16,18). The van der Waals surface area contributed by atoms with Crippen LogP contribution in [0.2, 0.25) is 0 Å². The van der Waals surface area contributed by atoms with Crippen LogP contribution in [0.15, 0.2) is 22.7 Å². The molecule has 100 valence electrons. The third-order valence-corrected chi connectivity index (χ3v) is 2.81. The van der Waals surface area contributed by atoms with Gasteiger partial charge in [0.15, 0.2) is 6.61 Å². The molecule has 0 atom stereocenters. The van der Waals surface area contributed by atoms with Gasteiger partial charge in [0.05, 0.1) is 4.47 Å². The maximum atomic E-state index is 12.6. The first-order valence-electron chi connectivity index (χ1n) is 4.62. The number of hydrogen-bond donors (Lipinski definition) is 1. The second-order valence-electron chi connectivity index (χ2n) is 3.36. The maximum Gasteiger partial charge on any atom is 0.340 e. The Morgan fingerprint density at radius 3 is 2.50 bits per heavy atom. The van der Waals surface area contributed by atoms with E-state index in [0.29, 0.717) is 10.0 Å². The van der Waals surface area contributed by atoms with E-state index in [1.165, 1.54) is 18.2 Å². The summed E-state index contributed by atoms with van der Waals surface area (Å²) < 4.78 is 54.0. The van der Waals surface area contributed by atoms with E-state index in [4.69, 9.17) is 18.0 Å². The summed E-state index contributed by atoms with van der Waals surface area (Å²) >= 11 is 7.77. The molecule has 0 saturated carbocycles. The second kappa shape index (κ2) is 5.83. The van der Waals surface area contributed by atoms with Gasteiger partial charge in [0, 0.05) is 5.56 Å². The lowest BCUT2D eigenvalue weighted by atomic mass is 10.2. The minimum Gasteiger partial charge on any atom is -0.486 e. The predicted molar refractivity (Wildman–Crippen MR) is 66.5 cm³/mol. The largest absolute Gasteiger partial charge is 0.486 e. The molecule has 0 unspecified atom stereocenters. The third-order valence-electron chi connectivity index (χ3n) is 1.96. The van der Waals surface area contributed by atoms with E-state index in [-0.39, 0.29) is 10.7 Å². The van der Waals surface area contributed by atoms with Gasteiger partial charge in [-0.1, -0.05) is 12.2 Å². The van der Waals surface area contributed by atoms with Crippen LogP contribution in [0.4, 0.5) is 17.6 Å². The van der Waals surface area contributed by atoms with Gasteiger partial charge in [0.2, 0.25) is 0 Å². The highest BCUT2D eigenvalue weighted by molar-refractivity contribution is 9.10. The summed E-state index contributed by atoms with van der Waals surface area (Å²) in [5.74, 6) is -4.18.